The fraction of sp³-hybridized carbons (Fsp3) is 0.316. The first-order valence-electron chi connectivity index (χ1n) is 7.98. The van der Waals surface area contributed by atoms with Gasteiger partial charge >= 0.3 is 0 Å². The van der Waals surface area contributed by atoms with Crippen LogP contribution in [0.2, 0.25) is 0 Å². The highest BCUT2D eigenvalue weighted by molar-refractivity contribution is 5.94. The standard InChI is InChI=1S/C19H22N2O3.ClH/c1-23-17-9-15-7-8-21(12-16(15)10-18(17)24-2)19(22)14-5-3-13(11-20)4-6-14;/h3-6,9-10H,7-8,11-12,20H2,1-2H3;1H. The molecule has 2 aromatic rings. The van der Waals surface area contributed by atoms with Gasteiger partial charge in [0.05, 0.1) is 14.2 Å². The molecule has 0 spiro atoms. The van der Waals surface area contributed by atoms with E-state index in [9.17, 15) is 4.79 Å². The van der Waals surface area contributed by atoms with Gasteiger partial charge in [-0.2, -0.15) is 0 Å². The van der Waals surface area contributed by atoms with E-state index >= 15 is 0 Å². The first kappa shape index (κ1) is 19.1. The quantitative estimate of drug-likeness (QED) is 0.908. The molecule has 0 unspecified atom stereocenters. The van der Waals surface area contributed by atoms with Gasteiger partial charge in [-0.1, -0.05) is 12.1 Å². The number of hydrogen-bond donors (Lipinski definition) is 1. The summed E-state index contributed by atoms with van der Waals surface area (Å²) >= 11 is 0. The summed E-state index contributed by atoms with van der Waals surface area (Å²) in [6.45, 7) is 1.75. The van der Waals surface area contributed by atoms with Crippen LogP contribution in [0.4, 0.5) is 0 Å². The Labute approximate surface area is 154 Å². The lowest BCUT2D eigenvalue weighted by Crippen LogP contribution is -2.36. The van der Waals surface area contributed by atoms with Crippen LogP contribution in [0, 0.1) is 0 Å². The number of halogens is 1. The van der Waals surface area contributed by atoms with Crippen molar-refractivity contribution in [2.75, 3.05) is 20.8 Å². The second-order valence-electron chi connectivity index (χ2n) is 5.85. The summed E-state index contributed by atoms with van der Waals surface area (Å²) < 4.78 is 10.7. The van der Waals surface area contributed by atoms with Gasteiger partial charge in [0.15, 0.2) is 11.5 Å². The summed E-state index contributed by atoms with van der Waals surface area (Å²) in [5.74, 6) is 1.46. The Kier molecular flexibility index (Phi) is 6.28. The van der Waals surface area contributed by atoms with Crippen molar-refractivity contribution in [3.05, 3.63) is 58.7 Å². The van der Waals surface area contributed by atoms with Crippen LogP contribution >= 0.6 is 12.4 Å². The van der Waals surface area contributed by atoms with E-state index < -0.39 is 0 Å². The summed E-state index contributed by atoms with van der Waals surface area (Å²) in [5, 5.41) is 0. The molecule has 0 fully saturated rings. The molecule has 2 N–H and O–H groups in total. The smallest absolute Gasteiger partial charge is 0.254 e. The molecule has 5 nitrogen and oxygen atoms in total. The molecular formula is C19H23ClN2O3. The Hall–Kier alpha value is -2.24. The van der Waals surface area contributed by atoms with E-state index in [1.54, 1.807) is 14.2 Å². The van der Waals surface area contributed by atoms with Crippen molar-refractivity contribution in [3.63, 3.8) is 0 Å². The molecule has 25 heavy (non-hydrogen) atoms. The molecule has 0 bridgehead atoms. The predicted octanol–water partition coefficient (Wildman–Crippen LogP) is 2.78. The van der Waals surface area contributed by atoms with Crippen LogP contribution < -0.4 is 15.2 Å². The third-order valence-electron chi connectivity index (χ3n) is 4.44. The fourth-order valence-corrected chi connectivity index (χ4v) is 3.02. The maximum Gasteiger partial charge on any atom is 0.254 e. The molecule has 0 atom stereocenters. The molecule has 134 valence electrons. The van der Waals surface area contributed by atoms with Gasteiger partial charge in [0, 0.05) is 25.2 Å². The zero-order chi connectivity index (χ0) is 17.1. The summed E-state index contributed by atoms with van der Waals surface area (Å²) in [5.41, 5.74) is 9.62. The molecule has 3 rings (SSSR count). The van der Waals surface area contributed by atoms with Crippen molar-refractivity contribution in [2.24, 2.45) is 5.73 Å². The number of carbonyl (C=O) groups excluding carboxylic acids is 1. The average Bonchev–Trinajstić information content (AvgIpc) is 2.65. The lowest BCUT2D eigenvalue weighted by atomic mass is 9.98. The Morgan fingerprint density at radius 3 is 2.24 bits per heavy atom. The number of nitrogens with two attached hydrogens (primary N) is 1. The normalized spacial score (nSPS) is 12.8. The molecule has 1 aliphatic rings. The van der Waals surface area contributed by atoms with E-state index in [0.717, 1.165) is 23.3 Å². The third-order valence-corrected chi connectivity index (χ3v) is 4.44. The molecular weight excluding hydrogens is 340 g/mol. The molecule has 0 radical (unpaired) electrons. The topological polar surface area (TPSA) is 64.8 Å². The minimum atomic E-state index is 0. The minimum Gasteiger partial charge on any atom is -0.493 e. The van der Waals surface area contributed by atoms with E-state index in [0.29, 0.717) is 30.9 Å². The fourth-order valence-electron chi connectivity index (χ4n) is 3.02. The zero-order valence-corrected chi connectivity index (χ0v) is 15.3. The first-order chi connectivity index (χ1) is 11.7. The first-order valence-corrected chi connectivity index (χ1v) is 7.98. The Balaban J connectivity index is 0.00000225. The highest BCUT2D eigenvalue weighted by Gasteiger charge is 2.23. The van der Waals surface area contributed by atoms with Crippen LogP contribution in [0.25, 0.3) is 0 Å². The molecule has 6 heteroatoms. The number of fused-ring (bicyclic) bond motifs is 1. The number of rotatable bonds is 4. The van der Waals surface area contributed by atoms with Crippen LogP contribution in [-0.4, -0.2) is 31.6 Å². The number of amides is 1. The van der Waals surface area contributed by atoms with Gasteiger partial charge in [-0.25, -0.2) is 0 Å². The van der Waals surface area contributed by atoms with E-state index in [1.807, 2.05) is 41.3 Å². The summed E-state index contributed by atoms with van der Waals surface area (Å²) in [6, 6.07) is 11.5. The van der Waals surface area contributed by atoms with Crippen molar-refractivity contribution in [3.8, 4) is 11.5 Å². The maximum atomic E-state index is 12.7. The number of carbonyl (C=O) groups is 1. The van der Waals surface area contributed by atoms with Gasteiger partial charge in [-0.15, -0.1) is 12.4 Å². The summed E-state index contributed by atoms with van der Waals surface area (Å²) in [7, 11) is 3.25. The van der Waals surface area contributed by atoms with Crippen LogP contribution in [-0.2, 0) is 19.5 Å². The molecule has 0 aromatic heterocycles. The molecule has 2 aromatic carbocycles. The van der Waals surface area contributed by atoms with Crippen LogP contribution in [0.15, 0.2) is 36.4 Å². The van der Waals surface area contributed by atoms with E-state index in [4.69, 9.17) is 15.2 Å². The van der Waals surface area contributed by atoms with Gasteiger partial charge in [0.2, 0.25) is 0 Å². The van der Waals surface area contributed by atoms with Gasteiger partial charge in [-0.3, -0.25) is 4.79 Å². The second-order valence-corrected chi connectivity index (χ2v) is 5.85. The van der Waals surface area contributed by atoms with E-state index in [1.165, 1.54) is 5.56 Å². The third kappa shape index (κ3) is 3.89. The van der Waals surface area contributed by atoms with E-state index in [-0.39, 0.29) is 18.3 Å². The number of benzene rings is 2. The lowest BCUT2D eigenvalue weighted by Gasteiger charge is -2.29. The zero-order valence-electron chi connectivity index (χ0n) is 14.5. The molecule has 1 heterocycles. The Morgan fingerprint density at radius 2 is 1.68 bits per heavy atom. The highest BCUT2D eigenvalue weighted by Crippen LogP contribution is 2.33. The molecule has 1 amide bonds. The van der Waals surface area contributed by atoms with Crippen LogP contribution in [0.1, 0.15) is 27.0 Å². The monoisotopic (exact) mass is 362 g/mol. The van der Waals surface area contributed by atoms with Crippen LogP contribution in [0.5, 0.6) is 11.5 Å². The van der Waals surface area contributed by atoms with Gasteiger partial charge < -0.3 is 20.1 Å². The second kappa shape index (κ2) is 8.23. The van der Waals surface area contributed by atoms with Crippen molar-refractivity contribution in [1.29, 1.82) is 0 Å². The largest absolute Gasteiger partial charge is 0.493 e. The predicted molar refractivity (Wildman–Crippen MR) is 99.6 cm³/mol. The lowest BCUT2D eigenvalue weighted by molar-refractivity contribution is 0.0734. The van der Waals surface area contributed by atoms with Crippen molar-refractivity contribution >= 4 is 18.3 Å². The van der Waals surface area contributed by atoms with Crippen molar-refractivity contribution in [2.45, 2.75) is 19.5 Å². The summed E-state index contributed by atoms with van der Waals surface area (Å²) in [4.78, 5) is 14.6. The molecule has 0 saturated heterocycles. The highest BCUT2D eigenvalue weighted by atomic mass is 35.5. The SMILES string of the molecule is COc1cc2c(cc1OC)CN(C(=O)c1ccc(CN)cc1)CC2.Cl. The summed E-state index contributed by atoms with van der Waals surface area (Å²) in [6.07, 6.45) is 0.808. The maximum absolute atomic E-state index is 12.7. The Morgan fingerprint density at radius 1 is 1.08 bits per heavy atom. The Bertz CT molecular complexity index is 747. The minimum absolute atomic E-state index is 0. The van der Waals surface area contributed by atoms with Gasteiger partial charge in [0.1, 0.15) is 0 Å². The van der Waals surface area contributed by atoms with Crippen LogP contribution in [0.3, 0.4) is 0 Å². The number of hydrogen-bond acceptors (Lipinski definition) is 4. The van der Waals surface area contributed by atoms with E-state index in [2.05, 4.69) is 0 Å². The van der Waals surface area contributed by atoms with Gasteiger partial charge in [-0.05, 0) is 47.4 Å². The van der Waals surface area contributed by atoms with Crippen molar-refractivity contribution in [1.82, 2.24) is 4.90 Å². The number of methoxy groups -OCH3 is 2. The number of nitrogens with zero attached hydrogens (tertiary/aromatic N) is 1. The molecule has 0 saturated carbocycles. The molecule has 1 aliphatic heterocycles. The van der Waals surface area contributed by atoms with Crippen molar-refractivity contribution < 1.29 is 14.3 Å². The molecule has 0 aliphatic carbocycles. The van der Waals surface area contributed by atoms with Gasteiger partial charge in [0.25, 0.3) is 5.91 Å². The average molecular weight is 363 g/mol. The number of ether oxygens (including phenoxy) is 2.